The number of rotatable bonds is 4. The molecule has 0 aromatic heterocycles. The van der Waals surface area contributed by atoms with Gasteiger partial charge in [0.2, 0.25) is 0 Å². The third-order valence-electron chi connectivity index (χ3n) is 6.14. The number of benzene rings is 1. The van der Waals surface area contributed by atoms with Crippen LogP contribution < -0.4 is 5.19 Å². The van der Waals surface area contributed by atoms with Crippen LogP contribution in [0.4, 0.5) is 0 Å². The molecule has 1 saturated carbocycles. The van der Waals surface area contributed by atoms with E-state index in [2.05, 4.69) is 41.3 Å². The van der Waals surface area contributed by atoms with Crippen molar-refractivity contribution >= 4 is 14.7 Å². The van der Waals surface area contributed by atoms with E-state index in [1.807, 2.05) is 5.57 Å². The SMILES string of the molecule is C(=C1\CN2CCC[C@H]2[C@@H]1C[Si]c1ccccc1)/C1CCCCC1. The van der Waals surface area contributed by atoms with Crippen molar-refractivity contribution in [2.24, 2.45) is 11.8 Å². The summed E-state index contributed by atoms with van der Waals surface area (Å²) in [6.07, 6.45) is 12.9. The van der Waals surface area contributed by atoms with E-state index in [-0.39, 0.29) is 0 Å². The van der Waals surface area contributed by atoms with E-state index in [0.717, 1.165) is 27.4 Å². The van der Waals surface area contributed by atoms with Crippen molar-refractivity contribution < 1.29 is 0 Å². The Morgan fingerprint density at radius 2 is 1.83 bits per heavy atom. The zero-order valence-corrected chi connectivity index (χ0v) is 15.2. The fraction of sp³-hybridized carbons (Fsp3) is 0.619. The maximum absolute atomic E-state index is 2.79. The van der Waals surface area contributed by atoms with Gasteiger partial charge >= 0.3 is 0 Å². The maximum Gasteiger partial charge on any atom is 0.0814 e. The third kappa shape index (κ3) is 3.64. The fourth-order valence-corrected chi connectivity index (χ4v) is 6.35. The number of hydrogen-bond acceptors (Lipinski definition) is 1. The van der Waals surface area contributed by atoms with Crippen molar-refractivity contribution in [3.63, 3.8) is 0 Å². The lowest BCUT2D eigenvalue weighted by atomic mass is 9.85. The summed E-state index contributed by atoms with van der Waals surface area (Å²) in [6.45, 7) is 2.63. The van der Waals surface area contributed by atoms with Crippen molar-refractivity contribution in [2.75, 3.05) is 13.1 Å². The first-order valence-electron chi connectivity index (χ1n) is 9.64. The molecule has 1 aromatic carbocycles. The largest absolute Gasteiger partial charge is 0.296 e. The lowest BCUT2D eigenvalue weighted by Gasteiger charge is -2.22. The highest BCUT2D eigenvalue weighted by Gasteiger charge is 2.40. The molecule has 2 heterocycles. The van der Waals surface area contributed by atoms with Crippen LogP contribution in [0.5, 0.6) is 0 Å². The van der Waals surface area contributed by atoms with Crippen molar-refractivity contribution in [3.8, 4) is 0 Å². The Kier molecular flexibility index (Phi) is 5.01. The van der Waals surface area contributed by atoms with E-state index in [0.29, 0.717) is 0 Å². The summed E-state index contributed by atoms with van der Waals surface area (Å²) in [5.41, 5.74) is 1.81. The Morgan fingerprint density at radius 1 is 1.00 bits per heavy atom. The van der Waals surface area contributed by atoms with Gasteiger partial charge in [-0.25, -0.2) is 0 Å². The first kappa shape index (κ1) is 15.7. The van der Waals surface area contributed by atoms with E-state index in [4.69, 9.17) is 0 Å². The second-order valence-electron chi connectivity index (χ2n) is 7.67. The molecule has 0 spiro atoms. The van der Waals surface area contributed by atoms with Crippen LogP contribution >= 0.6 is 0 Å². The Bertz CT molecular complexity index is 532. The van der Waals surface area contributed by atoms with Crippen LogP contribution in [-0.2, 0) is 0 Å². The number of hydrogen-bond donors (Lipinski definition) is 0. The lowest BCUT2D eigenvalue weighted by Crippen LogP contribution is -2.28. The summed E-state index contributed by atoms with van der Waals surface area (Å²) in [7, 11) is 0.976. The van der Waals surface area contributed by atoms with Gasteiger partial charge in [0.1, 0.15) is 0 Å². The third-order valence-corrected chi connectivity index (χ3v) is 7.53. The van der Waals surface area contributed by atoms with Gasteiger partial charge in [-0.3, -0.25) is 4.90 Å². The molecule has 2 aliphatic heterocycles. The molecule has 2 radical (unpaired) electrons. The van der Waals surface area contributed by atoms with Crippen LogP contribution in [0, 0.1) is 11.8 Å². The zero-order valence-electron chi connectivity index (χ0n) is 14.2. The standard InChI is InChI=1S/C21H29NSi/c1-3-8-17(9-4-1)14-18-15-22-13-7-12-21(22)20(18)16-23-19-10-5-2-6-11-19/h2,5-6,10-11,14,17,20-21H,1,3-4,7-9,12-13,15-16H2/b18-14-/t20-,21+/m1/s1. The molecule has 1 nitrogen and oxygen atoms in total. The van der Waals surface area contributed by atoms with Gasteiger partial charge in [-0.2, -0.15) is 0 Å². The van der Waals surface area contributed by atoms with Gasteiger partial charge in [0.15, 0.2) is 0 Å². The van der Waals surface area contributed by atoms with Crippen molar-refractivity contribution in [2.45, 2.75) is 57.0 Å². The average Bonchev–Trinajstić information content (AvgIpc) is 3.16. The minimum absolute atomic E-state index is 0.845. The molecule has 2 saturated heterocycles. The molecule has 4 rings (SSSR count). The predicted octanol–water partition coefficient (Wildman–Crippen LogP) is 4.04. The molecule has 3 fully saturated rings. The second kappa shape index (κ2) is 7.35. The van der Waals surface area contributed by atoms with Gasteiger partial charge in [0.25, 0.3) is 0 Å². The molecule has 0 unspecified atom stereocenters. The average molecular weight is 324 g/mol. The molecular formula is C21H29NSi. The van der Waals surface area contributed by atoms with Crippen LogP contribution in [0.15, 0.2) is 42.0 Å². The van der Waals surface area contributed by atoms with E-state index >= 15 is 0 Å². The molecule has 0 bridgehead atoms. The maximum atomic E-state index is 2.79. The quantitative estimate of drug-likeness (QED) is 0.597. The second-order valence-corrected chi connectivity index (χ2v) is 9.01. The van der Waals surface area contributed by atoms with Gasteiger partial charge in [-0.15, -0.1) is 0 Å². The van der Waals surface area contributed by atoms with E-state index in [1.165, 1.54) is 64.1 Å². The Labute approximate surface area is 144 Å². The smallest absolute Gasteiger partial charge is 0.0814 e. The fourth-order valence-electron chi connectivity index (χ4n) is 4.93. The van der Waals surface area contributed by atoms with Gasteiger partial charge in [0.05, 0.1) is 9.52 Å². The summed E-state index contributed by atoms with van der Waals surface area (Å²) in [5, 5.41) is 1.54. The Morgan fingerprint density at radius 3 is 2.65 bits per heavy atom. The van der Waals surface area contributed by atoms with Crippen LogP contribution in [0.25, 0.3) is 0 Å². The monoisotopic (exact) mass is 323 g/mol. The number of allylic oxidation sites excluding steroid dienone is 1. The summed E-state index contributed by atoms with van der Waals surface area (Å²) in [4.78, 5) is 2.79. The van der Waals surface area contributed by atoms with Crippen molar-refractivity contribution in [1.82, 2.24) is 4.90 Å². The molecular weight excluding hydrogens is 294 g/mol. The van der Waals surface area contributed by atoms with Crippen LogP contribution in [0.1, 0.15) is 44.9 Å². The summed E-state index contributed by atoms with van der Waals surface area (Å²) in [5.74, 6) is 1.74. The topological polar surface area (TPSA) is 3.24 Å². The molecule has 1 aliphatic carbocycles. The summed E-state index contributed by atoms with van der Waals surface area (Å²) >= 11 is 0. The summed E-state index contributed by atoms with van der Waals surface area (Å²) in [6, 6.07) is 13.4. The molecule has 3 aliphatic rings. The van der Waals surface area contributed by atoms with Crippen molar-refractivity contribution in [3.05, 3.63) is 42.0 Å². The molecule has 0 amide bonds. The van der Waals surface area contributed by atoms with Gasteiger partial charge in [-0.1, -0.05) is 66.4 Å². The molecule has 23 heavy (non-hydrogen) atoms. The Balaban J connectivity index is 1.46. The first-order chi connectivity index (χ1) is 11.4. The number of fused-ring (bicyclic) bond motifs is 1. The van der Waals surface area contributed by atoms with Crippen LogP contribution in [0.3, 0.4) is 0 Å². The summed E-state index contributed by atoms with van der Waals surface area (Å²) < 4.78 is 0. The molecule has 122 valence electrons. The van der Waals surface area contributed by atoms with Gasteiger partial charge in [0, 0.05) is 12.6 Å². The van der Waals surface area contributed by atoms with Gasteiger partial charge < -0.3 is 0 Å². The van der Waals surface area contributed by atoms with Crippen LogP contribution in [0.2, 0.25) is 6.04 Å². The lowest BCUT2D eigenvalue weighted by molar-refractivity contribution is 0.298. The van der Waals surface area contributed by atoms with Crippen LogP contribution in [-0.4, -0.2) is 33.6 Å². The molecule has 2 heteroatoms. The minimum atomic E-state index is 0.845. The Hall–Kier alpha value is -0.863. The normalized spacial score (nSPS) is 30.9. The van der Waals surface area contributed by atoms with E-state index in [1.54, 1.807) is 5.19 Å². The first-order valence-corrected chi connectivity index (χ1v) is 10.8. The highest BCUT2D eigenvalue weighted by molar-refractivity contribution is 6.53. The molecule has 2 atom stereocenters. The zero-order chi connectivity index (χ0) is 15.5. The predicted molar refractivity (Wildman–Crippen MR) is 99.4 cm³/mol. The van der Waals surface area contributed by atoms with E-state index in [9.17, 15) is 0 Å². The van der Waals surface area contributed by atoms with Crippen molar-refractivity contribution in [1.29, 1.82) is 0 Å². The number of nitrogens with zero attached hydrogens (tertiary/aromatic N) is 1. The van der Waals surface area contributed by atoms with Gasteiger partial charge in [-0.05, 0) is 50.1 Å². The molecule has 0 N–H and O–H groups in total. The van der Waals surface area contributed by atoms with E-state index < -0.39 is 0 Å². The molecule has 1 aromatic rings. The highest BCUT2D eigenvalue weighted by Crippen LogP contribution is 2.40. The highest BCUT2D eigenvalue weighted by atomic mass is 28.2. The minimum Gasteiger partial charge on any atom is -0.296 e.